The smallest absolute Gasteiger partial charge is 0.404 e. The van der Waals surface area contributed by atoms with Gasteiger partial charge in [0.25, 0.3) is 0 Å². The first kappa shape index (κ1) is 13.3. The minimum absolute atomic E-state index is 0.00211. The number of rotatable bonds is 4. The van der Waals surface area contributed by atoms with E-state index in [1.807, 2.05) is 4.90 Å². The third kappa shape index (κ3) is 4.38. The Balaban J connectivity index is 2.25. The van der Waals surface area contributed by atoms with Crippen molar-refractivity contribution in [3.05, 3.63) is 0 Å². The molecule has 1 fully saturated rings. The van der Waals surface area contributed by atoms with E-state index < -0.39 is 6.09 Å². The van der Waals surface area contributed by atoms with E-state index in [2.05, 4.69) is 21.2 Å². The van der Waals surface area contributed by atoms with Crippen LogP contribution in [0, 0.1) is 0 Å². The third-order valence-corrected chi connectivity index (χ3v) is 3.26. The molecule has 0 aliphatic carbocycles. The zero-order valence-electron chi connectivity index (χ0n) is 9.12. The molecule has 6 heteroatoms. The van der Waals surface area contributed by atoms with Crippen LogP contribution in [0.3, 0.4) is 0 Å². The molecule has 16 heavy (non-hydrogen) atoms. The lowest BCUT2D eigenvalue weighted by Crippen LogP contribution is -2.46. The van der Waals surface area contributed by atoms with Crippen molar-refractivity contribution in [2.24, 2.45) is 0 Å². The summed E-state index contributed by atoms with van der Waals surface area (Å²) in [4.78, 5) is 23.9. The lowest BCUT2D eigenvalue weighted by Gasteiger charge is -2.31. The summed E-state index contributed by atoms with van der Waals surface area (Å²) in [5, 5.41) is 11.9. The van der Waals surface area contributed by atoms with Crippen LogP contribution in [-0.2, 0) is 4.79 Å². The summed E-state index contributed by atoms with van der Waals surface area (Å²) >= 11 is 3.29. The van der Waals surface area contributed by atoms with Crippen LogP contribution in [0.25, 0.3) is 0 Å². The SMILES string of the molecule is O=C(O)NC1CCN(C(=O)CCCBr)CC1. The van der Waals surface area contributed by atoms with Crippen LogP contribution in [0.4, 0.5) is 4.79 Å². The van der Waals surface area contributed by atoms with Crippen molar-refractivity contribution in [3.8, 4) is 0 Å². The van der Waals surface area contributed by atoms with Gasteiger partial charge in [0, 0.05) is 30.9 Å². The van der Waals surface area contributed by atoms with Gasteiger partial charge >= 0.3 is 6.09 Å². The molecule has 0 atom stereocenters. The summed E-state index contributed by atoms with van der Waals surface area (Å²) in [7, 11) is 0. The molecule has 92 valence electrons. The first-order valence-corrected chi connectivity index (χ1v) is 6.59. The minimum Gasteiger partial charge on any atom is -0.465 e. The molecule has 1 heterocycles. The van der Waals surface area contributed by atoms with Gasteiger partial charge in [-0.25, -0.2) is 4.79 Å². The average Bonchev–Trinajstić information content (AvgIpc) is 2.26. The Morgan fingerprint density at radius 2 is 2.00 bits per heavy atom. The maximum absolute atomic E-state index is 11.7. The molecule has 0 unspecified atom stereocenters. The molecule has 0 aromatic rings. The molecule has 0 radical (unpaired) electrons. The summed E-state index contributed by atoms with van der Waals surface area (Å²) in [6.07, 6.45) is 1.87. The number of amides is 2. The lowest BCUT2D eigenvalue weighted by molar-refractivity contribution is -0.132. The molecule has 0 bridgehead atoms. The molecule has 0 saturated carbocycles. The van der Waals surface area contributed by atoms with Gasteiger partial charge in [-0.15, -0.1) is 0 Å². The van der Waals surface area contributed by atoms with Gasteiger partial charge in [0.05, 0.1) is 0 Å². The Morgan fingerprint density at radius 3 is 2.50 bits per heavy atom. The molecule has 1 saturated heterocycles. The third-order valence-electron chi connectivity index (χ3n) is 2.70. The van der Waals surface area contributed by atoms with Crippen molar-refractivity contribution >= 4 is 27.9 Å². The standard InChI is InChI=1S/C10H17BrN2O3/c11-5-1-2-9(14)13-6-3-8(4-7-13)12-10(15)16/h8,12H,1-7H2,(H,15,16). The summed E-state index contributed by atoms with van der Waals surface area (Å²) in [6.45, 7) is 1.32. The van der Waals surface area contributed by atoms with Crippen molar-refractivity contribution in [1.82, 2.24) is 10.2 Å². The van der Waals surface area contributed by atoms with Gasteiger partial charge in [-0.3, -0.25) is 4.79 Å². The first-order valence-electron chi connectivity index (χ1n) is 5.46. The molecule has 2 N–H and O–H groups in total. The highest BCUT2D eigenvalue weighted by Crippen LogP contribution is 2.12. The molecule has 0 aromatic heterocycles. The molecular weight excluding hydrogens is 276 g/mol. The highest BCUT2D eigenvalue weighted by molar-refractivity contribution is 9.09. The summed E-state index contributed by atoms with van der Waals surface area (Å²) in [5.74, 6) is 0.174. The Hall–Kier alpha value is -0.780. The number of nitrogens with zero attached hydrogens (tertiary/aromatic N) is 1. The van der Waals surface area contributed by atoms with Crippen LogP contribution in [0.1, 0.15) is 25.7 Å². The molecule has 1 rings (SSSR count). The number of carboxylic acid groups (broad SMARTS) is 1. The zero-order valence-corrected chi connectivity index (χ0v) is 10.7. The van der Waals surface area contributed by atoms with E-state index in [0.717, 1.165) is 11.8 Å². The Bertz CT molecular complexity index is 252. The van der Waals surface area contributed by atoms with Crippen molar-refractivity contribution in [1.29, 1.82) is 0 Å². The van der Waals surface area contributed by atoms with Gasteiger partial charge in [0.2, 0.25) is 5.91 Å². The molecule has 0 spiro atoms. The molecule has 1 aliphatic heterocycles. The van der Waals surface area contributed by atoms with Gasteiger partial charge in [-0.1, -0.05) is 15.9 Å². The fourth-order valence-electron chi connectivity index (χ4n) is 1.82. The number of carbonyl (C=O) groups is 2. The molecule has 5 nitrogen and oxygen atoms in total. The average molecular weight is 293 g/mol. The first-order chi connectivity index (χ1) is 7.63. The van der Waals surface area contributed by atoms with Crippen LogP contribution in [0.5, 0.6) is 0 Å². The van der Waals surface area contributed by atoms with E-state index in [9.17, 15) is 9.59 Å². The number of nitrogens with one attached hydrogen (secondary N) is 1. The van der Waals surface area contributed by atoms with Crippen LogP contribution in [0.2, 0.25) is 0 Å². The Kier molecular flexibility index (Phi) is 5.59. The number of carbonyl (C=O) groups excluding carboxylic acids is 1. The van der Waals surface area contributed by atoms with Crippen molar-refractivity contribution < 1.29 is 14.7 Å². The van der Waals surface area contributed by atoms with Crippen LogP contribution in [0.15, 0.2) is 0 Å². The number of piperidine rings is 1. The summed E-state index contributed by atoms with van der Waals surface area (Å²) < 4.78 is 0. The maximum Gasteiger partial charge on any atom is 0.404 e. The molecule has 2 amide bonds. The fourth-order valence-corrected chi connectivity index (χ4v) is 2.10. The highest BCUT2D eigenvalue weighted by Gasteiger charge is 2.23. The van der Waals surface area contributed by atoms with Gasteiger partial charge in [-0.05, 0) is 19.3 Å². The molecule has 0 aromatic carbocycles. The summed E-state index contributed by atoms with van der Waals surface area (Å²) in [6, 6.07) is -0.00211. The monoisotopic (exact) mass is 292 g/mol. The molecular formula is C10H17BrN2O3. The highest BCUT2D eigenvalue weighted by atomic mass is 79.9. The second kappa shape index (κ2) is 6.73. The van der Waals surface area contributed by atoms with Gasteiger partial charge < -0.3 is 15.3 Å². The van der Waals surface area contributed by atoms with Gasteiger partial charge in [0.1, 0.15) is 0 Å². The molecule has 1 aliphatic rings. The van der Waals surface area contributed by atoms with E-state index in [1.54, 1.807) is 0 Å². The predicted molar refractivity (Wildman–Crippen MR) is 63.8 cm³/mol. The zero-order chi connectivity index (χ0) is 12.0. The van der Waals surface area contributed by atoms with E-state index >= 15 is 0 Å². The number of halogens is 1. The minimum atomic E-state index is -0.982. The normalized spacial score (nSPS) is 17.2. The van der Waals surface area contributed by atoms with Crippen molar-refractivity contribution in [2.75, 3.05) is 18.4 Å². The Morgan fingerprint density at radius 1 is 1.38 bits per heavy atom. The van der Waals surface area contributed by atoms with Crippen molar-refractivity contribution in [3.63, 3.8) is 0 Å². The number of alkyl halides is 1. The lowest BCUT2D eigenvalue weighted by atomic mass is 10.0. The van der Waals surface area contributed by atoms with E-state index in [-0.39, 0.29) is 11.9 Å². The second-order valence-electron chi connectivity index (χ2n) is 3.90. The van der Waals surface area contributed by atoms with E-state index in [4.69, 9.17) is 5.11 Å². The summed E-state index contributed by atoms with van der Waals surface area (Å²) in [5.41, 5.74) is 0. The number of hydrogen-bond donors (Lipinski definition) is 2. The maximum atomic E-state index is 11.7. The second-order valence-corrected chi connectivity index (χ2v) is 4.69. The predicted octanol–water partition coefficient (Wildman–Crippen LogP) is 1.42. The van der Waals surface area contributed by atoms with Gasteiger partial charge in [0.15, 0.2) is 0 Å². The van der Waals surface area contributed by atoms with Crippen LogP contribution < -0.4 is 5.32 Å². The Labute approximate surface area is 103 Å². The van der Waals surface area contributed by atoms with Gasteiger partial charge in [-0.2, -0.15) is 0 Å². The number of likely N-dealkylation sites (tertiary alicyclic amines) is 1. The van der Waals surface area contributed by atoms with E-state index in [1.165, 1.54) is 0 Å². The van der Waals surface area contributed by atoms with Crippen LogP contribution >= 0.6 is 15.9 Å². The van der Waals surface area contributed by atoms with Crippen molar-refractivity contribution in [2.45, 2.75) is 31.7 Å². The van der Waals surface area contributed by atoms with Crippen LogP contribution in [-0.4, -0.2) is 46.5 Å². The number of hydrogen-bond acceptors (Lipinski definition) is 2. The largest absolute Gasteiger partial charge is 0.465 e. The topological polar surface area (TPSA) is 69.6 Å². The van der Waals surface area contributed by atoms with E-state index in [0.29, 0.717) is 32.4 Å². The quantitative estimate of drug-likeness (QED) is 0.770. The fraction of sp³-hybridized carbons (Fsp3) is 0.800.